The number of benzene rings is 1. The minimum Gasteiger partial charge on any atom is -0.351 e. The fourth-order valence-corrected chi connectivity index (χ4v) is 2.36. The number of carbonyl (C=O) groups excluding carboxylic acids is 1. The molecule has 4 heteroatoms. The van der Waals surface area contributed by atoms with Crippen LogP contribution in [0.2, 0.25) is 5.02 Å². The number of hydrogen-bond acceptors (Lipinski definition) is 1. The number of rotatable bonds is 5. The van der Waals surface area contributed by atoms with Crippen molar-refractivity contribution in [2.45, 2.75) is 32.6 Å². The van der Waals surface area contributed by atoms with Gasteiger partial charge in [-0.15, -0.1) is 11.6 Å². The Hall–Kier alpha value is -0.730. The van der Waals surface area contributed by atoms with Crippen molar-refractivity contribution >= 4 is 29.1 Å². The Kier molecular flexibility index (Phi) is 5.97. The standard InChI is InChI=1S/C14H19Cl2NO/c1-9(2)7-11(15)8-17-14(18)12-5-4-6-13(16)10(12)3/h4-6,9,11H,7-8H2,1-3H3,(H,17,18). The molecule has 0 aromatic heterocycles. The van der Waals surface area contributed by atoms with E-state index in [0.717, 1.165) is 12.0 Å². The van der Waals surface area contributed by atoms with E-state index in [2.05, 4.69) is 19.2 Å². The molecular formula is C14H19Cl2NO. The van der Waals surface area contributed by atoms with Gasteiger partial charge in [0.25, 0.3) is 5.91 Å². The van der Waals surface area contributed by atoms with Crippen LogP contribution in [0.4, 0.5) is 0 Å². The molecule has 1 aromatic carbocycles. The molecule has 0 aliphatic carbocycles. The first-order valence-corrected chi connectivity index (χ1v) is 6.90. The first-order valence-electron chi connectivity index (χ1n) is 6.09. The van der Waals surface area contributed by atoms with Crippen molar-refractivity contribution in [1.29, 1.82) is 0 Å². The highest BCUT2D eigenvalue weighted by atomic mass is 35.5. The van der Waals surface area contributed by atoms with Crippen LogP contribution in [0.25, 0.3) is 0 Å². The molecule has 0 fully saturated rings. The first kappa shape index (κ1) is 15.3. The van der Waals surface area contributed by atoms with Crippen molar-refractivity contribution < 1.29 is 4.79 Å². The Balaban J connectivity index is 2.58. The van der Waals surface area contributed by atoms with Crippen LogP contribution in [0.5, 0.6) is 0 Å². The second-order valence-electron chi connectivity index (χ2n) is 4.85. The second kappa shape index (κ2) is 7.01. The Morgan fingerprint density at radius 2 is 2.06 bits per heavy atom. The lowest BCUT2D eigenvalue weighted by Gasteiger charge is -2.14. The van der Waals surface area contributed by atoms with Gasteiger partial charge in [-0.05, 0) is 37.0 Å². The Labute approximate surface area is 119 Å². The van der Waals surface area contributed by atoms with E-state index in [0.29, 0.717) is 23.0 Å². The van der Waals surface area contributed by atoms with Gasteiger partial charge in [-0.3, -0.25) is 4.79 Å². The van der Waals surface area contributed by atoms with Crippen LogP contribution in [0.15, 0.2) is 18.2 Å². The van der Waals surface area contributed by atoms with Gasteiger partial charge in [0.05, 0.1) is 5.38 Å². The molecule has 0 aliphatic heterocycles. The fraction of sp³-hybridized carbons (Fsp3) is 0.500. The lowest BCUT2D eigenvalue weighted by atomic mass is 10.1. The summed E-state index contributed by atoms with van der Waals surface area (Å²) in [4.78, 5) is 12.0. The molecule has 1 N–H and O–H groups in total. The molecule has 0 radical (unpaired) electrons. The minimum absolute atomic E-state index is 0.0339. The van der Waals surface area contributed by atoms with Crippen molar-refractivity contribution in [1.82, 2.24) is 5.32 Å². The van der Waals surface area contributed by atoms with Crippen LogP contribution in [-0.2, 0) is 0 Å². The summed E-state index contributed by atoms with van der Waals surface area (Å²) in [7, 11) is 0. The van der Waals surface area contributed by atoms with Crippen molar-refractivity contribution in [2.24, 2.45) is 5.92 Å². The smallest absolute Gasteiger partial charge is 0.251 e. The molecule has 0 spiro atoms. The van der Waals surface area contributed by atoms with Gasteiger partial charge in [-0.1, -0.05) is 31.5 Å². The molecule has 2 nitrogen and oxygen atoms in total. The maximum absolute atomic E-state index is 12.0. The number of amides is 1. The van der Waals surface area contributed by atoms with Crippen LogP contribution in [0, 0.1) is 12.8 Å². The Bertz CT molecular complexity index is 418. The van der Waals surface area contributed by atoms with Gasteiger partial charge in [0.15, 0.2) is 0 Å². The molecule has 100 valence electrons. The highest BCUT2D eigenvalue weighted by Crippen LogP contribution is 2.18. The molecule has 1 unspecified atom stereocenters. The number of nitrogens with one attached hydrogen (secondary N) is 1. The summed E-state index contributed by atoms with van der Waals surface area (Å²) in [5, 5.41) is 3.41. The monoisotopic (exact) mass is 287 g/mol. The van der Waals surface area contributed by atoms with Crippen molar-refractivity contribution in [3.05, 3.63) is 34.3 Å². The van der Waals surface area contributed by atoms with Gasteiger partial charge in [0.2, 0.25) is 0 Å². The lowest BCUT2D eigenvalue weighted by Crippen LogP contribution is -2.30. The van der Waals surface area contributed by atoms with E-state index in [1.165, 1.54) is 0 Å². The molecule has 1 rings (SSSR count). The fourth-order valence-electron chi connectivity index (χ4n) is 1.75. The molecule has 0 aliphatic rings. The molecule has 1 aromatic rings. The highest BCUT2D eigenvalue weighted by Gasteiger charge is 2.13. The molecule has 1 atom stereocenters. The number of hydrogen-bond donors (Lipinski definition) is 1. The van der Waals surface area contributed by atoms with Crippen molar-refractivity contribution in [2.75, 3.05) is 6.54 Å². The van der Waals surface area contributed by atoms with Crippen LogP contribution in [-0.4, -0.2) is 17.8 Å². The van der Waals surface area contributed by atoms with E-state index >= 15 is 0 Å². The average molecular weight is 288 g/mol. The summed E-state index contributed by atoms with van der Waals surface area (Å²) < 4.78 is 0. The summed E-state index contributed by atoms with van der Waals surface area (Å²) >= 11 is 12.1. The van der Waals surface area contributed by atoms with E-state index in [4.69, 9.17) is 23.2 Å². The summed E-state index contributed by atoms with van der Waals surface area (Å²) in [5.41, 5.74) is 1.41. The van der Waals surface area contributed by atoms with Crippen LogP contribution in [0.3, 0.4) is 0 Å². The maximum atomic E-state index is 12.0. The summed E-state index contributed by atoms with van der Waals surface area (Å²) in [5.74, 6) is 0.404. The molecule has 18 heavy (non-hydrogen) atoms. The maximum Gasteiger partial charge on any atom is 0.251 e. The normalized spacial score (nSPS) is 12.6. The van der Waals surface area contributed by atoms with Gasteiger partial charge in [-0.25, -0.2) is 0 Å². The van der Waals surface area contributed by atoms with Gasteiger partial charge >= 0.3 is 0 Å². The summed E-state index contributed by atoms with van der Waals surface area (Å²) in [6.07, 6.45) is 0.885. The Morgan fingerprint density at radius 3 is 2.67 bits per heavy atom. The molecule has 0 saturated heterocycles. The highest BCUT2D eigenvalue weighted by molar-refractivity contribution is 6.31. The molecule has 0 saturated carbocycles. The van der Waals surface area contributed by atoms with E-state index in [9.17, 15) is 4.79 Å². The minimum atomic E-state index is -0.121. The Morgan fingerprint density at radius 1 is 1.39 bits per heavy atom. The van der Waals surface area contributed by atoms with Crippen LogP contribution >= 0.6 is 23.2 Å². The van der Waals surface area contributed by atoms with Gasteiger partial charge in [-0.2, -0.15) is 0 Å². The van der Waals surface area contributed by atoms with Crippen LogP contribution in [0.1, 0.15) is 36.2 Å². The third kappa shape index (κ3) is 4.51. The van der Waals surface area contributed by atoms with E-state index in [-0.39, 0.29) is 11.3 Å². The van der Waals surface area contributed by atoms with E-state index < -0.39 is 0 Å². The van der Waals surface area contributed by atoms with Crippen molar-refractivity contribution in [3.8, 4) is 0 Å². The predicted octanol–water partition coefficient (Wildman–Crippen LogP) is 4.03. The number of alkyl halides is 1. The number of halogens is 2. The zero-order valence-corrected chi connectivity index (χ0v) is 12.5. The third-order valence-corrected chi connectivity index (χ3v) is 3.47. The average Bonchev–Trinajstić information content (AvgIpc) is 2.29. The van der Waals surface area contributed by atoms with E-state index in [1.807, 2.05) is 6.92 Å². The third-order valence-electron chi connectivity index (χ3n) is 2.72. The molecule has 0 heterocycles. The molecule has 1 amide bonds. The van der Waals surface area contributed by atoms with Gasteiger partial charge in [0, 0.05) is 17.1 Å². The summed E-state index contributed by atoms with van der Waals surface area (Å²) in [6.45, 7) is 6.53. The van der Waals surface area contributed by atoms with Crippen molar-refractivity contribution in [3.63, 3.8) is 0 Å². The van der Waals surface area contributed by atoms with E-state index in [1.54, 1.807) is 18.2 Å². The number of carbonyl (C=O) groups is 1. The molecule has 0 bridgehead atoms. The zero-order chi connectivity index (χ0) is 13.7. The largest absolute Gasteiger partial charge is 0.351 e. The lowest BCUT2D eigenvalue weighted by molar-refractivity contribution is 0.0952. The zero-order valence-electron chi connectivity index (χ0n) is 11.0. The van der Waals surface area contributed by atoms with Gasteiger partial charge < -0.3 is 5.32 Å². The van der Waals surface area contributed by atoms with Gasteiger partial charge in [0.1, 0.15) is 0 Å². The second-order valence-corrected chi connectivity index (χ2v) is 5.87. The molecular weight excluding hydrogens is 269 g/mol. The topological polar surface area (TPSA) is 29.1 Å². The quantitative estimate of drug-likeness (QED) is 0.814. The summed E-state index contributed by atoms with van der Waals surface area (Å²) in [6, 6.07) is 5.32. The predicted molar refractivity (Wildman–Crippen MR) is 77.6 cm³/mol. The first-order chi connectivity index (χ1) is 8.41. The van der Waals surface area contributed by atoms with Crippen LogP contribution < -0.4 is 5.32 Å². The SMILES string of the molecule is Cc1c(Cl)cccc1C(=O)NCC(Cl)CC(C)C.